The van der Waals surface area contributed by atoms with Crippen molar-refractivity contribution in [3.05, 3.63) is 66.7 Å². The van der Waals surface area contributed by atoms with Crippen molar-refractivity contribution >= 4 is 21.8 Å². The van der Waals surface area contributed by atoms with Crippen LogP contribution in [-0.2, 0) is 0 Å². The molecule has 3 heteroatoms. The molecule has 0 aliphatic rings. The van der Waals surface area contributed by atoms with Gasteiger partial charge in [0.25, 0.3) is 0 Å². The molecule has 1 N–H and O–H groups in total. The molecule has 0 spiro atoms. The van der Waals surface area contributed by atoms with Crippen LogP contribution in [0.4, 0.5) is 0 Å². The third-order valence-corrected chi connectivity index (χ3v) is 3.53. The molecule has 2 heterocycles. The first-order valence-electron chi connectivity index (χ1n) is 6.49. The molecule has 96 valence electrons. The minimum atomic E-state index is 0.0318. The lowest BCUT2D eigenvalue weighted by Crippen LogP contribution is -1.96. The molecule has 2 aromatic heterocycles. The SMILES string of the molecule is Oc1cccc(-n2c3ccccc3c3ccccc32)n1. The Morgan fingerprint density at radius 3 is 1.90 bits per heavy atom. The third kappa shape index (κ3) is 1.50. The summed E-state index contributed by atoms with van der Waals surface area (Å²) < 4.78 is 2.07. The van der Waals surface area contributed by atoms with Crippen molar-refractivity contribution in [1.29, 1.82) is 0 Å². The highest BCUT2D eigenvalue weighted by molar-refractivity contribution is 6.09. The molecular formula is C17H12N2O. The second kappa shape index (κ2) is 4.10. The molecule has 0 fully saturated rings. The standard InChI is InChI=1S/C17H12N2O/c20-17-11-5-10-16(18-17)19-14-8-3-1-6-12(14)13-7-2-4-9-15(13)19/h1-11H,(H,18,20). The fourth-order valence-electron chi connectivity index (χ4n) is 2.71. The second-order valence-electron chi connectivity index (χ2n) is 4.72. The van der Waals surface area contributed by atoms with Crippen LogP contribution in [0.25, 0.3) is 27.6 Å². The van der Waals surface area contributed by atoms with Crippen molar-refractivity contribution in [3.63, 3.8) is 0 Å². The normalized spacial score (nSPS) is 11.2. The van der Waals surface area contributed by atoms with E-state index in [2.05, 4.69) is 33.8 Å². The van der Waals surface area contributed by atoms with Crippen LogP contribution in [0.5, 0.6) is 5.88 Å². The molecule has 3 nitrogen and oxygen atoms in total. The number of hydrogen-bond acceptors (Lipinski definition) is 2. The van der Waals surface area contributed by atoms with Gasteiger partial charge in [0, 0.05) is 16.8 Å². The van der Waals surface area contributed by atoms with Crippen molar-refractivity contribution in [2.75, 3.05) is 0 Å². The predicted molar refractivity (Wildman–Crippen MR) is 80.2 cm³/mol. The first-order chi connectivity index (χ1) is 9.84. The molecule has 0 unspecified atom stereocenters. The molecule has 0 bridgehead atoms. The third-order valence-electron chi connectivity index (χ3n) is 3.53. The van der Waals surface area contributed by atoms with Gasteiger partial charge in [-0.05, 0) is 18.2 Å². The Kier molecular flexibility index (Phi) is 2.27. The van der Waals surface area contributed by atoms with Gasteiger partial charge < -0.3 is 5.11 Å². The maximum absolute atomic E-state index is 9.63. The number of fused-ring (bicyclic) bond motifs is 3. The highest BCUT2D eigenvalue weighted by Crippen LogP contribution is 2.31. The maximum Gasteiger partial charge on any atom is 0.212 e. The van der Waals surface area contributed by atoms with Gasteiger partial charge in [-0.25, -0.2) is 0 Å². The predicted octanol–water partition coefficient (Wildman–Crippen LogP) is 3.88. The summed E-state index contributed by atoms with van der Waals surface area (Å²) in [5.74, 6) is 0.756. The minimum Gasteiger partial charge on any atom is -0.493 e. The van der Waals surface area contributed by atoms with Gasteiger partial charge in [0.2, 0.25) is 5.88 Å². The van der Waals surface area contributed by atoms with E-state index in [0.717, 1.165) is 16.9 Å². The molecule has 0 aliphatic carbocycles. The zero-order valence-electron chi connectivity index (χ0n) is 10.7. The summed E-state index contributed by atoms with van der Waals surface area (Å²) in [5.41, 5.74) is 2.18. The average molecular weight is 260 g/mol. The van der Waals surface area contributed by atoms with Gasteiger partial charge in [0.15, 0.2) is 0 Å². The smallest absolute Gasteiger partial charge is 0.212 e. The number of aromatic nitrogens is 2. The van der Waals surface area contributed by atoms with Crippen LogP contribution in [0.1, 0.15) is 0 Å². The summed E-state index contributed by atoms with van der Waals surface area (Å²) in [5, 5.41) is 12.0. The zero-order valence-corrected chi connectivity index (χ0v) is 10.7. The summed E-state index contributed by atoms with van der Waals surface area (Å²) in [7, 11) is 0. The van der Waals surface area contributed by atoms with E-state index in [-0.39, 0.29) is 5.88 Å². The summed E-state index contributed by atoms with van der Waals surface area (Å²) in [6.07, 6.45) is 0. The molecular weight excluding hydrogens is 248 g/mol. The average Bonchev–Trinajstić information content (AvgIpc) is 2.82. The molecule has 2 aromatic carbocycles. The number of benzene rings is 2. The van der Waals surface area contributed by atoms with Crippen molar-refractivity contribution in [2.45, 2.75) is 0 Å². The van der Waals surface area contributed by atoms with Crippen LogP contribution >= 0.6 is 0 Å². The van der Waals surface area contributed by atoms with E-state index < -0.39 is 0 Å². The lowest BCUT2D eigenvalue weighted by atomic mass is 10.2. The van der Waals surface area contributed by atoms with Gasteiger partial charge in [-0.2, -0.15) is 4.98 Å². The van der Waals surface area contributed by atoms with Crippen molar-refractivity contribution < 1.29 is 5.11 Å². The Bertz CT molecular complexity index is 871. The Hall–Kier alpha value is -2.81. The van der Waals surface area contributed by atoms with Gasteiger partial charge in [-0.15, -0.1) is 0 Å². The Labute approximate surface area is 115 Å². The van der Waals surface area contributed by atoms with E-state index >= 15 is 0 Å². The van der Waals surface area contributed by atoms with E-state index in [1.807, 2.05) is 30.3 Å². The summed E-state index contributed by atoms with van der Waals surface area (Å²) >= 11 is 0. The maximum atomic E-state index is 9.63. The molecule has 0 radical (unpaired) electrons. The van der Waals surface area contributed by atoms with E-state index in [1.54, 1.807) is 12.1 Å². The van der Waals surface area contributed by atoms with Crippen molar-refractivity contribution in [2.24, 2.45) is 0 Å². The fourth-order valence-corrected chi connectivity index (χ4v) is 2.71. The number of aromatic hydroxyl groups is 1. The van der Waals surface area contributed by atoms with Gasteiger partial charge >= 0.3 is 0 Å². The summed E-state index contributed by atoms with van der Waals surface area (Å²) in [4.78, 5) is 4.23. The first kappa shape index (κ1) is 11.1. The van der Waals surface area contributed by atoms with Crippen molar-refractivity contribution in [3.8, 4) is 11.7 Å². The van der Waals surface area contributed by atoms with E-state index in [1.165, 1.54) is 10.8 Å². The molecule has 4 aromatic rings. The Balaban J connectivity index is 2.21. The summed E-state index contributed by atoms with van der Waals surface area (Å²) in [6, 6.07) is 21.7. The first-order valence-corrected chi connectivity index (χ1v) is 6.49. The minimum absolute atomic E-state index is 0.0318. The molecule has 0 saturated carbocycles. The number of rotatable bonds is 1. The van der Waals surface area contributed by atoms with Gasteiger partial charge in [-0.1, -0.05) is 42.5 Å². The van der Waals surface area contributed by atoms with Gasteiger partial charge in [-0.3, -0.25) is 4.57 Å². The lowest BCUT2D eigenvalue weighted by molar-refractivity contribution is 0.453. The number of hydrogen-bond donors (Lipinski definition) is 1. The molecule has 20 heavy (non-hydrogen) atoms. The fraction of sp³-hybridized carbons (Fsp3) is 0. The molecule has 0 saturated heterocycles. The lowest BCUT2D eigenvalue weighted by Gasteiger charge is -2.06. The summed E-state index contributed by atoms with van der Waals surface area (Å²) in [6.45, 7) is 0. The highest BCUT2D eigenvalue weighted by Gasteiger charge is 2.11. The van der Waals surface area contributed by atoms with E-state index in [9.17, 15) is 5.11 Å². The van der Waals surface area contributed by atoms with Crippen LogP contribution in [0.2, 0.25) is 0 Å². The number of para-hydroxylation sites is 2. The Morgan fingerprint density at radius 1 is 0.700 bits per heavy atom. The second-order valence-corrected chi connectivity index (χ2v) is 4.72. The topological polar surface area (TPSA) is 38.0 Å². The van der Waals surface area contributed by atoms with E-state index in [4.69, 9.17) is 0 Å². The van der Waals surface area contributed by atoms with E-state index in [0.29, 0.717) is 0 Å². The molecule has 4 rings (SSSR count). The number of nitrogens with zero attached hydrogens (tertiary/aromatic N) is 2. The van der Waals surface area contributed by atoms with Crippen LogP contribution in [0.15, 0.2) is 66.7 Å². The quantitative estimate of drug-likeness (QED) is 0.564. The monoisotopic (exact) mass is 260 g/mol. The Morgan fingerprint density at radius 2 is 1.30 bits per heavy atom. The highest BCUT2D eigenvalue weighted by atomic mass is 16.3. The van der Waals surface area contributed by atoms with Crippen molar-refractivity contribution in [1.82, 2.24) is 9.55 Å². The molecule has 0 atom stereocenters. The van der Waals surface area contributed by atoms with Crippen LogP contribution < -0.4 is 0 Å². The number of pyridine rings is 1. The van der Waals surface area contributed by atoms with Crippen LogP contribution in [0, 0.1) is 0 Å². The van der Waals surface area contributed by atoms with Gasteiger partial charge in [0.05, 0.1) is 11.0 Å². The largest absolute Gasteiger partial charge is 0.493 e. The van der Waals surface area contributed by atoms with Crippen LogP contribution in [0.3, 0.4) is 0 Å². The van der Waals surface area contributed by atoms with Gasteiger partial charge in [0.1, 0.15) is 5.82 Å². The molecule has 0 amide bonds. The zero-order chi connectivity index (χ0) is 13.5. The molecule has 0 aliphatic heterocycles. The van der Waals surface area contributed by atoms with Crippen LogP contribution in [-0.4, -0.2) is 14.7 Å².